The molecule has 0 saturated heterocycles. The number of anilines is 3. The van der Waals surface area contributed by atoms with Gasteiger partial charge < -0.3 is 5.32 Å². The minimum atomic E-state index is -3.86. The van der Waals surface area contributed by atoms with Gasteiger partial charge in [0.2, 0.25) is 15.9 Å². The van der Waals surface area contributed by atoms with Crippen LogP contribution in [0.1, 0.15) is 25.3 Å². The van der Waals surface area contributed by atoms with Crippen LogP contribution >= 0.6 is 0 Å². The van der Waals surface area contributed by atoms with Gasteiger partial charge >= 0.3 is 0 Å². The van der Waals surface area contributed by atoms with Gasteiger partial charge in [-0.05, 0) is 60.0 Å². The summed E-state index contributed by atoms with van der Waals surface area (Å²) in [5, 5.41) is 2.60. The van der Waals surface area contributed by atoms with Crippen LogP contribution in [0.15, 0.2) is 77.8 Å². The van der Waals surface area contributed by atoms with Crippen molar-refractivity contribution in [2.24, 2.45) is 0 Å². The fourth-order valence-electron chi connectivity index (χ4n) is 3.09. The van der Waals surface area contributed by atoms with Crippen molar-refractivity contribution >= 4 is 43.1 Å². The van der Waals surface area contributed by atoms with Gasteiger partial charge in [-0.15, -0.1) is 0 Å². The zero-order valence-electron chi connectivity index (χ0n) is 19.0. The molecule has 2 N–H and O–H groups in total. The molecular weight excluding hydrogens is 476 g/mol. The molecule has 3 aromatic rings. The van der Waals surface area contributed by atoms with E-state index in [-0.39, 0.29) is 16.6 Å². The Morgan fingerprint density at radius 1 is 0.941 bits per heavy atom. The second-order valence-corrected chi connectivity index (χ2v) is 11.5. The predicted molar refractivity (Wildman–Crippen MR) is 133 cm³/mol. The molecule has 0 aliphatic heterocycles. The van der Waals surface area contributed by atoms with Crippen molar-refractivity contribution in [2.75, 3.05) is 27.1 Å². The SMILES string of the molecule is CC(C)c1ccc(N(CC(=O)Nc2ccc(S(=O)(=O)Nc3ccccn3)cc2)S(C)(=O)=O)cc1. The smallest absolute Gasteiger partial charge is 0.263 e. The molecular formula is C23H26N4O5S2. The number of aromatic nitrogens is 1. The summed E-state index contributed by atoms with van der Waals surface area (Å²) in [6.07, 6.45) is 2.50. The number of carbonyl (C=O) groups excluding carboxylic acids is 1. The lowest BCUT2D eigenvalue weighted by Gasteiger charge is -2.22. The van der Waals surface area contributed by atoms with Gasteiger partial charge in [0.15, 0.2) is 0 Å². The zero-order valence-corrected chi connectivity index (χ0v) is 20.6. The number of nitrogens with zero attached hydrogens (tertiary/aromatic N) is 2. The number of carbonyl (C=O) groups is 1. The minimum Gasteiger partial charge on any atom is -0.325 e. The molecule has 0 saturated carbocycles. The number of rotatable bonds is 9. The molecule has 3 rings (SSSR count). The monoisotopic (exact) mass is 502 g/mol. The number of benzene rings is 2. The van der Waals surface area contributed by atoms with Crippen molar-refractivity contribution in [2.45, 2.75) is 24.7 Å². The quantitative estimate of drug-likeness (QED) is 0.462. The van der Waals surface area contributed by atoms with Crippen molar-refractivity contribution in [3.63, 3.8) is 0 Å². The molecule has 2 aromatic carbocycles. The van der Waals surface area contributed by atoms with Gasteiger partial charge in [-0.2, -0.15) is 0 Å². The third-order valence-electron chi connectivity index (χ3n) is 4.89. The van der Waals surface area contributed by atoms with E-state index in [0.717, 1.165) is 16.1 Å². The minimum absolute atomic E-state index is 0.0147. The van der Waals surface area contributed by atoms with Gasteiger partial charge in [-0.25, -0.2) is 21.8 Å². The first kappa shape index (κ1) is 25.2. The van der Waals surface area contributed by atoms with Crippen LogP contribution in [0.2, 0.25) is 0 Å². The molecule has 0 radical (unpaired) electrons. The van der Waals surface area contributed by atoms with Crippen LogP contribution in [-0.2, 0) is 24.8 Å². The molecule has 0 aliphatic carbocycles. The second-order valence-electron chi connectivity index (χ2n) is 7.91. The first-order valence-electron chi connectivity index (χ1n) is 10.4. The molecule has 1 amide bonds. The number of hydrogen-bond donors (Lipinski definition) is 2. The summed E-state index contributed by atoms with van der Waals surface area (Å²) >= 11 is 0. The highest BCUT2D eigenvalue weighted by Gasteiger charge is 2.21. The molecule has 0 unspecified atom stereocenters. The maximum Gasteiger partial charge on any atom is 0.263 e. The second kappa shape index (κ2) is 10.2. The van der Waals surface area contributed by atoms with E-state index >= 15 is 0 Å². The normalized spacial score (nSPS) is 11.8. The molecule has 180 valence electrons. The van der Waals surface area contributed by atoms with Gasteiger partial charge in [0.25, 0.3) is 10.0 Å². The lowest BCUT2D eigenvalue weighted by atomic mass is 10.0. The Bertz CT molecular complexity index is 1340. The van der Waals surface area contributed by atoms with Crippen LogP contribution in [0.5, 0.6) is 0 Å². The van der Waals surface area contributed by atoms with Gasteiger partial charge in [0.1, 0.15) is 12.4 Å². The van der Waals surface area contributed by atoms with Crippen LogP contribution in [0.4, 0.5) is 17.2 Å². The maximum atomic E-state index is 12.6. The van der Waals surface area contributed by atoms with E-state index in [2.05, 4.69) is 15.0 Å². The van der Waals surface area contributed by atoms with E-state index in [1.807, 2.05) is 26.0 Å². The molecule has 9 nitrogen and oxygen atoms in total. The molecule has 34 heavy (non-hydrogen) atoms. The highest BCUT2D eigenvalue weighted by atomic mass is 32.2. The number of amides is 1. The summed E-state index contributed by atoms with van der Waals surface area (Å²) in [5.41, 5.74) is 1.75. The van der Waals surface area contributed by atoms with Gasteiger partial charge in [0.05, 0.1) is 16.8 Å². The van der Waals surface area contributed by atoms with Crippen molar-refractivity contribution < 1.29 is 21.6 Å². The zero-order chi connectivity index (χ0) is 24.9. The largest absolute Gasteiger partial charge is 0.325 e. The van der Waals surface area contributed by atoms with Crippen LogP contribution < -0.4 is 14.3 Å². The van der Waals surface area contributed by atoms with E-state index in [0.29, 0.717) is 11.4 Å². The van der Waals surface area contributed by atoms with Crippen LogP contribution in [0.3, 0.4) is 0 Å². The van der Waals surface area contributed by atoms with Crippen molar-refractivity contribution in [1.82, 2.24) is 4.98 Å². The van der Waals surface area contributed by atoms with Crippen LogP contribution in [-0.4, -0.2) is 40.5 Å². The Kier molecular flexibility index (Phi) is 7.57. The Morgan fingerprint density at radius 3 is 2.12 bits per heavy atom. The summed E-state index contributed by atoms with van der Waals surface area (Å²) in [6.45, 7) is 3.63. The van der Waals surface area contributed by atoms with Gasteiger partial charge in [-0.3, -0.25) is 13.8 Å². The summed E-state index contributed by atoms with van der Waals surface area (Å²) in [4.78, 5) is 16.5. The molecule has 1 aromatic heterocycles. The summed E-state index contributed by atoms with van der Waals surface area (Å²) in [7, 11) is -7.57. The summed E-state index contributed by atoms with van der Waals surface area (Å²) < 4.78 is 53.0. The summed E-state index contributed by atoms with van der Waals surface area (Å²) in [6, 6.07) is 17.3. The van der Waals surface area contributed by atoms with E-state index in [1.54, 1.807) is 24.3 Å². The van der Waals surface area contributed by atoms with Gasteiger partial charge in [-0.1, -0.05) is 32.0 Å². The molecule has 0 atom stereocenters. The third-order valence-corrected chi connectivity index (χ3v) is 7.40. The fraction of sp³-hybridized carbons (Fsp3) is 0.217. The number of pyridine rings is 1. The molecule has 1 heterocycles. The van der Waals surface area contributed by atoms with E-state index < -0.39 is 32.5 Å². The number of hydrogen-bond acceptors (Lipinski definition) is 6. The van der Waals surface area contributed by atoms with E-state index in [1.165, 1.54) is 36.5 Å². The summed E-state index contributed by atoms with van der Waals surface area (Å²) in [5.74, 6) is -0.0993. The maximum absolute atomic E-state index is 12.6. The molecule has 0 bridgehead atoms. The van der Waals surface area contributed by atoms with Crippen LogP contribution in [0.25, 0.3) is 0 Å². The Balaban J connectivity index is 1.70. The molecule has 0 spiro atoms. The van der Waals surface area contributed by atoms with E-state index in [4.69, 9.17) is 0 Å². The Hall–Kier alpha value is -3.44. The molecule has 0 fully saturated rings. The Labute approximate surface area is 199 Å². The lowest BCUT2D eigenvalue weighted by molar-refractivity contribution is -0.114. The van der Waals surface area contributed by atoms with Crippen LogP contribution in [0, 0.1) is 0 Å². The Morgan fingerprint density at radius 2 is 1.59 bits per heavy atom. The fourth-order valence-corrected chi connectivity index (χ4v) is 4.96. The highest BCUT2D eigenvalue weighted by molar-refractivity contribution is 7.92. The average molecular weight is 503 g/mol. The lowest BCUT2D eigenvalue weighted by Crippen LogP contribution is -2.37. The topological polar surface area (TPSA) is 126 Å². The highest BCUT2D eigenvalue weighted by Crippen LogP contribution is 2.22. The first-order chi connectivity index (χ1) is 16.0. The van der Waals surface area contributed by atoms with Crippen molar-refractivity contribution in [1.29, 1.82) is 0 Å². The molecule has 0 aliphatic rings. The standard InChI is InChI=1S/C23H26N4O5S2/c1-17(2)18-7-11-20(12-8-18)27(33(3,29)30)16-23(28)25-19-9-13-21(14-10-19)34(31,32)26-22-6-4-5-15-24-22/h4-15,17H,16H2,1-3H3,(H,24,26)(H,25,28). The molecule has 11 heteroatoms. The van der Waals surface area contributed by atoms with Crippen molar-refractivity contribution in [3.05, 3.63) is 78.5 Å². The number of sulfonamides is 2. The van der Waals surface area contributed by atoms with Gasteiger partial charge in [0, 0.05) is 11.9 Å². The first-order valence-corrected chi connectivity index (χ1v) is 13.7. The average Bonchev–Trinajstić information content (AvgIpc) is 2.77. The number of nitrogens with one attached hydrogen (secondary N) is 2. The third kappa shape index (κ3) is 6.55. The predicted octanol–water partition coefficient (Wildman–Crippen LogP) is 3.41. The van der Waals surface area contributed by atoms with E-state index in [9.17, 15) is 21.6 Å². The van der Waals surface area contributed by atoms with Crippen molar-refractivity contribution in [3.8, 4) is 0 Å².